The number of nitrogens with two attached hydrogens (primary N) is 1. The van der Waals surface area contributed by atoms with Gasteiger partial charge < -0.3 is 15.4 Å². The molecule has 0 spiro atoms. The Labute approximate surface area is 120 Å². The summed E-state index contributed by atoms with van der Waals surface area (Å²) in [5.74, 6) is -0.0612. The minimum Gasteiger partial charge on any atom is -0.465 e. The molecule has 0 atom stereocenters. The first-order valence-electron chi connectivity index (χ1n) is 6.55. The van der Waals surface area contributed by atoms with Crippen LogP contribution in [-0.4, -0.2) is 20.1 Å². The summed E-state index contributed by atoms with van der Waals surface area (Å²) in [6, 6.07) is 9.63. The summed E-state index contributed by atoms with van der Waals surface area (Å²) >= 11 is 0. The first-order chi connectivity index (χ1) is 9.51. The first-order valence-corrected chi connectivity index (χ1v) is 6.55. The van der Waals surface area contributed by atoms with Crippen molar-refractivity contribution < 1.29 is 9.53 Å². The number of hydrogen-bond acceptors (Lipinski definition) is 4. The molecular formula is C16H22N2O2. The van der Waals surface area contributed by atoms with Crippen LogP contribution in [0.3, 0.4) is 0 Å². The number of anilines is 1. The van der Waals surface area contributed by atoms with Gasteiger partial charge in [-0.2, -0.15) is 0 Å². The molecule has 0 bridgehead atoms. The molecule has 0 saturated heterocycles. The molecule has 0 unspecified atom stereocenters. The average molecular weight is 274 g/mol. The molecule has 2 N–H and O–H groups in total. The van der Waals surface area contributed by atoms with Crippen LogP contribution in [0.5, 0.6) is 0 Å². The second kappa shape index (κ2) is 7.38. The summed E-state index contributed by atoms with van der Waals surface area (Å²) in [6.45, 7) is 3.98. The van der Waals surface area contributed by atoms with Crippen LogP contribution >= 0.6 is 0 Å². The van der Waals surface area contributed by atoms with Crippen molar-refractivity contribution in [3.63, 3.8) is 0 Å². The van der Waals surface area contributed by atoms with E-state index in [9.17, 15) is 4.79 Å². The average Bonchev–Trinajstić information content (AvgIpc) is 2.50. The number of carbonyl (C=O) groups is 1. The van der Waals surface area contributed by atoms with Crippen LogP contribution in [0.1, 0.15) is 20.3 Å². The summed E-state index contributed by atoms with van der Waals surface area (Å²) < 4.78 is 4.82. The number of allylic oxidation sites excluding steroid dienone is 1. The standard InChI is InChI=1S/C16H22N2O2/c1-5-12(2)11-14(16(19)20-4)15(17)18(3)13-9-7-6-8-10-13/h6-11H,5,17H2,1-4H3/b12-11+,15-14+. The Morgan fingerprint density at radius 1 is 1.35 bits per heavy atom. The van der Waals surface area contributed by atoms with E-state index < -0.39 is 5.97 Å². The number of carbonyl (C=O) groups excluding carboxylic acids is 1. The van der Waals surface area contributed by atoms with Crippen molar-refractivity contribution in [2.75, 3.05) is 19.1 Å². The first kappa shape index (κ1) is 15.8. The van der Waals surface area contributed by atoms with E-state index >= 15 is 0 Å². The fraction of sp³-hybridized carbons (Fsp3) is 0.312. The Morgan fingerprint density at radius 3 is 2.45 bits per heavy atom. The molecule has 0 aromatic heterocycles. The van der Waals surface area contributed by atoms with E-state index in [1.165, 1.54) is 7.11 Å². The summed E-state index contributed by atoms with van der Waals surface area (Å²) in [6.07, 6.45) is 2.63. The van der Waals surface area contributed by atoms with Crippen molar-refractivity contribution in [1.29, 1.82) is 0 Å². The second-order valence-corrected chi connectivity index (χ2v) is 4.53. The van der Waals surface area contributed by atoms with E-state index in [2.05, 4.69) is 0 Å². The topological polar surface area (TPSA) is 55.6 Å². The molecule has 0 fully saturated rings. The van der Waals surface area contributed by atoms with Crippen molar-refractivity contribution in [2.45, 2.75) is 20.3 Å². The molecule has 0 aliphatic rings. The lowest BCUT2D eigenvalue weighted by Crippen LogP contribution is -2.27. The zero-order valence-corrected chi connectivity index (χ0v) is 12.5. The third-order valence-corrected chi connectivity index (χ3v) is 3.13. The van der Waals surface area contributed by atoms with E-state index in [1.54, 1.807) is 11.0 Å². The highest BCUT2D eigenvalue weighted by Crippen LogP contribution is 2.18. The van der Waals surface area contributed by atoms with Crippen molar-refractivity contribution in [3.8, 4) is 0 Å². The van der Waals surface area contributed by atoms with Crippen LogP contribution in [0, 0.1) is 0 Å². The molecule has 1 aromatic rings. The monoisotopic (exact) mass is 274 g/mol. The third kappa shape index (κ3) is 3.88. The second-order valence-electron chi connectivity index (χ2n) is 4.53. The van der Waals surface area contributed by atoms with E-state index in [0.29, 0.717) is 11.4 Å². The van der Waals surface area contributed by atoms with Crippen LogP contribution in [0.2, 0.25) is 0 Å². The number of ether oxygens (including phenoxy) is 1. The van der Waals surface area contributed by atoms with Crippen LogP contribution in [-0.2, 0) is 9.53 Å². The molecule has 4 nitrogen and oxygen atoms in total. The molecule has 4 heteroatoms. The van der Waals surface area contributed by atoms with Crippen molar-refractivity contribution in [1.82, 2.24) is 0 Å². The molecule has 0 aliphatic heterocycles. The van der Waals surface area contributed by atoms with Gasteiger partial charge in [-0.1, -0.05) is 30.7 Å². The maximum atomic E-state index is 11.9. The van der Waals surface area contributed by atoms with Crippen LogP contribution in [0.15, 0.2) is 53.4 Å². The van der Waals surface area contributed by atoms with Gasteiger partial charge in [0.1, 0.15) is 5.82 Å². The molecule has 20 heavy (non-hydrogen) atoms. The Kier molecular flexibility index (Phi) is 5.84. The van der Waals surface area contributed by atoms with Crippen LogP contribution < -0.4 is 10.6 Å². The summed E-state index contributed by atoms with van der Waals surface area (Å²) in [4.78, 5) is 13.7. The highest BCUT2D eigenvalue weighted by atomic mass is 16.5. The van der Waals surface area contributed by atoms with E-state index in [0.717, 1.165) is 17.7 Å². The van der Waals surface area contributed by atoms with Gasteiger partial charge in [0.25, 0.3) is 0 Å². The summed E-state index contributed by atoms with van der Waals surface area (Å²) in [7, 11) is 3.18. The molecule has 0 radical (unpaired) electrons. The number of nitrogens with zero attached hydrogens (tertiary/aromatic N) is 1. The Balaban J connectivity index is 3.24. The van der Waals surface area contributed by atoms with E-state index in [1.807, 2.05) is 51.2 Å². The molecule has 108 valence electrons. The van der Waals surface area contributed by atoms with Crippen LogP contribution in [0.25, 0.3) is 0 Å². The predicted molar refractivity (Wildman–Crippen MR) is 82.1 cm³/mol. The molecule has 0 aliphatic carbocycles. The van der Waals surface area contributed by atoms with Crippen molar-refractivity contribution in [2.24, 2.45) is 5.73 Å². The fourth-order valence-corrected chi connectivity index (χ4v) is 1.67. The quantitative estimate of drug-likeness (QED) is 0.509. The highest BCUT2D eigenvalue weighted by Gasteiger charge is 2.16. The molecule has 0 saturated carbocycles. The lowest BCUT2D eigenvalue weighted by molar-refractivity contribution is -0.135. The molecule has 0 amide bonds. The Bertz CT molecular complexity index is 519. The van der Waals surface area contributed by atoms with E-state index in [4.69, 9.17) is 10.5 Å². The van der Waals surface area contributed by atoms with Gasteiger partial charge in [-0.25, -0.2) is 4.79 Å². The van der Waals surface area contributed by atoms with Crippen molar-refractivity contribution in [3.05, 3.63) is 53.4 Å². The minimum absolute atomic E-state index is 0.371. The minimum atomic E-state index is -0.432. The highest BCUT2D eigenvalue weighted by molar-refractivity contribution is 5.93. The van der Waals surface area contributed by atoms with Gasteiger partial charge in [-0.15, -0.1) is 0 Å². The van der Waals surface area contributed by atoms with Crippen molar-refractivity contribution >= 4 is 11.7 Å². The SMILES string of the molecule is CC/C(C)=C/C(C(=O)OC)=C(/N)N(C)c1ccccc1. The summed E-state index contributed by atoms with van der Waals surface area (Å²) in [5.41, 5.74) is 8.48. The van der Waals surface area contributed by atoms with Gasteiger partial charge >= 0.3 is 5.97 Å². The smallest absolute Gasteiger partial charge is 0.341 e. The van der Waals surface area contributed by atoms with Gasteiger partial charge in [-0.3, -0.25) is 0 Å². The number of benzene rings is 1. The molecule has 1 rings (SSSR count). The van der Waals surface area contributed by atoms with Gasteiger partial charge in [0.15, 0.2) is 0 Å². The maximum Gasteiger partial charge on any atom is 0.341 e. The molecule has 0 heterocycles. The normalized spacial score (nSPS) is 12.7. The fourth-order valence-electron chi connectivity index (χ4n) is 1.67. The number of hydrogen-bond donors (Lipinski definition) is 1. The number of para-hydroxylation sites is 1. The Morgan fingerprint density at radius 2 is 1.95 bits per heavy atom. The van der Waals surface area contributed by atoms with Gasteiger partial charge in [-0.05, 0) is 31.6 Å². The lowest BCUT2D eigenvalue weighted by Gasteiger charge is -2.21. The number of methoxy groups -OCH3 is 1. The Hall–Kier alpha value is -2.23. The molecule has 1 aromatic carbocycles. The number of esters is 1. The molecular weight excluding hydrogens is 252 g/mol. The predicted octanol–water partition coefficient (Wildman–Crippen LogP) is 2.82. The van der Waals surface area contributed by atoms with Gasteiger partial charge in [0.2, 0.25) is 0 Å². The van der Waals surface area contributed by atoms with E-state index in [-0.39, 0.29) is 0 Å². The summed E-state index contributed by atoms with van der Waals surface area (Å²) in [5, 5.41) is 0. The zero-order chi connectivity index (χ0) is 15.1. The van der Waals surface area contributed by atoms with Gasteiger partial charge in [0, 0.05) is 12.7 Å². The third-order valence-electron chi connectivity index (χ3n) is 3.13. The van der Waals surface area contributed by atoms with Gasteiger partial charge in [0.05, 0.1) is 12.7 Å². The maximum absolute atomic E-state index is 11.9. The van der Waals surface area contributed by atoms with Crippen LogP contribution in [0.4, 0.5) is 5.69 Å². The largest absolute Gasteiger partial charge is 0.465 e. The zero-order valence-electron chi connectivity index (χ0n) is 12.5. The lowest BCUT2D eigenvalue weighted by atomic mass is 10.1. The number of rotatable bonds is 5.